The number of anilines is 1. The third-order valence-electron chi connectivity index (χ3n) is 6.45. The summed E-state index contributed by atoms with van der Waals surface area (Å²) < 4.78 is 69.1. The Hall–Kier alpha value is -4.25. The van der Waals surface area contributed by atoms with Crippen molar-refractivity contribution in [2.45, 2.75) is 32.2 Å². The molecule has 17 heteroatoms. The van der Waals surface area contributed by atoms with Gasteiger partial charge in [0, 0.05) is 61.4 Å². The molecule has 1 aromatic carbocycles. The Labute approximate surface area is 241 Å². The number of benzene rings is 1. The number of aliphatic carboxylic acids is 2. The molecular weight excluding hydrogens is 590 g/mol. The molecule has 1 saturated heterocycles. The summed E-state index contributed by atoms with van der Waals surface area (Å²) in [7, 11) is 2.17. The zero-order valence-electron chi connectivity index (χ0n) is 23.0. The molecular formula is C26H28F6N6O5. The Morgan fingerprint density at radius 3 is 2.05 bits per heavy atom. The Morgan fingerprint density at radius 2 is 1.51 bits per heavy atom. The molecule has 234 valence electrons. The van der Waals surface area contributed by atoms with Crippen LogP contribution in [0.2, 0.25) is 0 Å². The van der Waals surface area contributed by atoms with Gasteiger partial charge in [0.05, 0.1) is 0 Å². The van der Waals surface area contributed by atoms with E-state index in [-0.39, 0.29) is 0 Å². The largest absolute Gasteiger partial charge is 0.490 e. The molecule has 4 heterocycles. The van der Waals surface area contributed by atoms with E-state index in [1.54, 1.807) is 0 Å². The zero-order valence-corrected chi connectivity index (χ0v) is 23.0. The standard InChI is InChI=1S/C22H26N6O.2C2HF3O2/c1-15-20(19-7-8-23-13-17(19)14-24-15)21-25-22(29-26-21)16-3-5-18(6-4-16)28-11-9-27(2)10-12-28;2*3-2(4,5)1(6)7/h3-6,14,23H,7-13H2,1-2H3;2*(H,6,7). The number of hydrogen-bond donors (Lipinski definition) is 3. The first-order valence-electron chi connectivity index (χ1n) is 12.7. The van der Waals surface area contributed by atoms with Crippen LogP contribution < -0.4 is 10.2 Å². The van der Waals surface area contributed by atoms with Crippen LogP contribution in [0.1, 0.15) is 16.8 Å². The monoisotopic (exact) mass is 618 g/mol. The van der Waals surface area contributed by atoms with E-state index in [4.69, 9.17) is 29.3 Å². The number of aryl methyl sites for hydroxylation is 1. The molecule has 0 aliphatic carbocycles. The van der Waals surface area contributed by atoms with Gasteiger partial charge in [-0.2, -0.15) is 31.3 Å². The number of aromatic nitrogens is 3. The lowest BCUT2D eigenvalue weighted by atomic mass is 9.95. The van der Waals surface area contributed by atoms with Crippen molar-refractivity contribution < 1.29 is 50.7 Å². The number of fused-ring (bicyclic) bond motifs is 1. The average molecular weight is 619 g/mol. The van der Waals surface area contributed by atoms with Crippen LogP contribution in [0.3, 0.4) is 0 Å². The van der Waals surface area contributed by atoms with E-state index in [1.165, 1.54) is 16.8 Å². The van der Waals surface area contributed by atoms with E-state index in [0.29, 0.717) is 11.7 Å². The van der Waals surface area contributed by atoms with Gasteiger partial charge in [0.25, 0.3) is 5.89 Å². The van der Waals surface area contributed by atoms with E-state index in [9.17, 15) is 26.3 Å². The number of pyridine rings is 1. The number of alkyl halides is 6. The number of hydrogen-bond acceptors (Lipinski definition) is 9. The molecule has 0 saturated carbocycles. The van der Waals surface area contributed by atoms with Gasteiger partial charge in [-0.25, -0.2) is 9.59 Å². The van der Waals surface area contributed by atoms with Crippen LogP contribution in [-0.2, 0) is 22.6 Å². The Morgan fingerprint density at radius 1 is 0.953 bits per heavy atom. The molecule has 2 aromatic heterocycles. The summed E-state index contributed by atoms with van der Waals surface area (Å²) in [6.45, 7) is 8.12. The number of nitrogens with one attached hydrogen (secondary N) is 1. The zero-order chi connectivity index (χ0) is 31.9. The van der Waals surface area contributed by atoms with Gasteiger partial charge in [-0.1, -0.05) is 5.16 Å². The highest BCUT2D eigenvalue weighted by atomic mass is 19.4. The number of carboxylic acid groups (broad SMARTS) is 2. The summed E-state index contributed by atoms with van der Waals surface area (Å²) in [6.07, 6.45) is -7.25. The molecule has 3 N–H and O–H groups in total. The molecule has 0 unspecified atom stereocenters. The lowest BCUT2D eigenvalue weighted by Gasteiger charge is -2.34. The summed E-state index contributed by atoms with van der Waals surface area (Å²) in [5.74, 6) is -4.33. The van der Waals surface area contributed by atoms with Crippen molar-refractivity contribution in [3.63, 3.8) is 0 Å². The number of likely N-dealkylation sites (N-methyl/N-ethyl adjacent to an activating group) is 1. The van der Waals surface area contributed by atoms with Crippen molar-refractivity contribution in [2.75, 3.05) is 44.7 Å². The number of nitrogens with zero attached hydrogens (tertiary/aromatic N) is 5. The highest BCUT2D eigenvalue weighted by Gasteiger charge is 2.38. The Bertz CT molecular complexity index is 1380. The Kier molecular flexibility index (Phi) is 10.7. The minimum atomic E-state index is -5.08. The molecule has 0 amide bonds. The van der Waals surface area contributed by atoms with Crippen molar-refractivity contribution in [1.29, 1.82) is 0 Å². The number of rotatable bonds is 3. The van der Waals surface area contributed by atoms with Crippen LogP contribution in [0, 0.1) is 6.92 Å². The lowest BCUT2D eigenvalue weighted by Crippen LogP contribution is -2.44. The fourth-order valence-electron chi connectivity index (χ4n) is 4.19. The first-order valence-corrected chi connectivity index (χ1v) is 12.7. The number of halogens is 6. The topological polar surface area (TPSA) is 145 Å². The SMILES string of the molecule is Cc1ncc2c(c1-c1noc(-c3ccc(N4CCN(C)CC4)cc3)n1)CCNC2.O=C(O)C(F)(F)F.O=C(O)C(F)(F)F. The number of piperazine rings is 1. The second kappa shape index (κ2) is 13.8. The number of carboxylic acids is 2. The van der Waals surface area contributed by atoms with Crippen molar-refractivity contribution in [3.05, 3.63) is 47.3 Å². The summed E-state index contributed by atoms with van der Waals surface area (Å²) >= 11 is 0. The van der Waals surface area contributed by atoms with E-state index in [0.717, 1.165) is 62.5 Å². The second-order valence-corrected chi connectivity index (χ2v) is 9.52. The molecule has 0 bridgehead atoms. The van der Waals surface area contributed by atoms with Crippen LogP contribution in [0.5, 0.6) is 0 Å². The van der Waals surface area contributed by atoms with Crippen LogP contribution in [0.4, 0.5) is 32.0 Å². The van der Waals surface area contributed by atoms with Crippen molar-refractivity contribution in [2.24, 2.45) is 0 Å². The predicted octanol–water partition coefficient (Wildman–Crippen LogP) is 3.77. The maximum atomic E-state index is 10.6. The van der Waals surface area contributed by atoms with E-state index >= 15 is 0 Å². The normalized spacial score (nSPS) is 15.4. The van der Waals surface area contributed by atoms with E-state index < -0.39 is 24.3 Å². The van der Waals surface area contributed by atoms with Gasteiger partial charge in [0.1, 0.15) is 0 Å². The first-order chi connectivity index (χ1) is 20.1. The second-order valence-electron chi connectivity index (χ2n) is 9.52. The van der Waals surface area contributed by atoms with Crippen molar-refractivity contribution in [1.82, 2.24) is 25.3 Å². The maximum absolute atomic E-state index is 10.6. The summed E-state index contributed by atoms with van der Waals surface area (Å²) in [5.41, 5.74) is 6.66. The van der Waals surface area contributed by atoms with E-state index in [1.807, 2.05) is 13.1 Å². The van der Waals surface area contributed by atoms with E-state index in [2.05, 4.69) is 56.6 Å². The highest BCUT2D eigenvalue weighted by molar-refractivity contribution is 5.73. The van der Waals surface area contributed by atoms with Gasteiger partial charge in [-0.3, -0.25) is 4.98 Å². The van der Waals surface area contributed by atoms with Crippen molar-refractivity contribution >= 4 is 17.6 Å². The third-order valence-corrected chi connectivity index (χ3v) is 6.45. The molecule has 43 heavy (non-hydrogen) atoms. The van der Waals surface area contributed by atoms with Crippen LogP contribution >= 0.6 is 0 Å². The van der Waals surface area contributed by atoms with Crippen molar-refractivity contribution in [3.8, 4) is 22.8 Å². The fourth-order valence-corrected chi connectivity index (χ4v) is 4.19. The van der Waals surface area contributed by atoms with Crippen LogP contribution in [-0.4, -0.2) is 94.3 Å². The molecule has 2 aliphatic rings. The van der Waals surface area contributed by atoms with Gasteiger partial charge in [-0.15, -0.1) is 0 Å². The van der Waals surface area contributed by atoms with Gasteiger partial charge in [0.2, 0.25) is 5.82 Å². The minimum absolute atomic E-state index is 0.552. The average Bonchev–Trinajstić information content (AvgIpc) is 3.43. The Balaban J connectivity index is 0.000000303. The maximum Gasteiger partial charge on any atom is 0.490 e. The van der Waals surface area contributed by atoms with Gasteiger partial charge in [-0.05, 0) is 62.3 Å². The molecule has 0 radical (unpaired) electrons. The summed E-state index contributed by atoms with van der Waals surface area (Å²) in [5, 5.41) is 21.9. The van der Waals surface area contributed by atoms with Gasteiger partial charge >= 0.3 is 24.3 Å². The predicted molar refractivity (Wildman–Crippen MR) is 140 cm³/mol. The third kappa shape index (κ3) is 9.12. The van der Waals surface area contributed by atoms with Crippen LogP contribution in [0.25, 0.3) is 22.8 Å². The minimum Gasteiger partial charge on any atom is -0.475 e. The molecule has 3 aromatic rings. The molecule has 5 rings (SSSR count). The quantitative estimate of drug-likeness (QED) is 0.369. The molecule has 1 fully saturated rings. The van der Waals surface area contributed by atoms with Gasteiger partial charge in [0.15, 0.2) is 0 Å². The highest BCUT2D eigenvalue weighted by Crippen LogP contribution is 2.31. The van der Waals surface area contributed by atoms with Gasteiger partial charge < -0.3 is 29.9 Å². The molecule has 11 nitrogen and oxygen atoms in total. The lowest BCUT2D eigenvalue weighted by molar-refractivity contribution is -0.193. The molecule has 2 aliphatic heterocycles. The first kappa shape index (κ1) is 33.3. The molecule has 0 atom stereocenters. The smallest absolute Gasteiger partial charge is 0.475 e. The molecule has 0 spiro atoms. The fraction of sp³-hybridized carbons (Fsp3) is 0.423. The summed E-state index contributed by atoms with van der Waals surface area (Å²) in [6, 6.07) is 8.43. The number of carbonyl (C=O) groups is 2. The summed E-state index contributed by atoms with van der Waals surface area (Å²) in [4.78, 5) is 31.8. The van der Waals surface area contributed by atoms with Crippen LogP contribution in [0.15, 0.2) is 35.0 Å².